The molecule has 0 aliphatic carbocycles. The van der Waals surface area contributed by atoms with E-state index in [2.05, 4.69) is 5.32 Å². The highest BCUT2D eigenvalue weighted by atomic mass is 32.1. The second-order valence-electron chi connectivity index (χ2n) is 5.37. The van der Waals surface area contributed by atoms with Gasteiger partial charge in [0.15, 0.2) is 11.7 Å². The lowest BCUT2D eigenvalue weighted by molar-refractivity contribution is -0.128. The van der Waals surface area contributed by atoms with Gasteiger partial charge in [0.1, 0.15) is 5.75 Å². The van der Waals surface area contributed by atoms with E-state index in [-0.39, 0.29) is 23.2 Å². The first-order valence-corrected chi connectivity index (χ1v) is 7.88. The zero-order valence-corrected chi connectivity index (χ0v) is 14.7. The number of carbonyl (C=O) groups excluding carboxylic acids is 1. The number of likely N-dealkylation sites (N-methyl/N-ethyl adjacent to an activating group) is 1. The first-order chi connectivity index (χ1) is 11.9. The average Bonchev–Trinajstić information content (AvgIpc) is 2.59. The molecule has 0 radical (unpaired) electrons. The van der Waals surface area contributed by atoms with Gasteiger partial charge in [-0.1, -0.05) is 12.1 Å². The highest BCUT2D eigenvalue weighted by Crippen LogP contribution is 2.13. The van der Waals surface area contributed by atoms with Gasteiger partial charge < -0.3 is 15.2 Å². The molecule has 2 aromatic carbocycles. The van der Waals surface area contributed by atoms with Crippen molar-refractivity contribution >= 4 is 34.9 Å². The van der Waals surface area contributed by atoms with Gasteiger partial charge in [-0.25, -0.2) is 4.79 Å². The molecular weight excluding hydrogens is 340 g/mol. The summed E-state index contributed by atoms with van der Waals surface area (Å²) in [4.78, 5) is 24.3. The number of carbonyl (C=O) groups is 2. The number of benzene rings is 2. The maximum Gasteiger partial charge on any atom is 0.335 e. The van der Waals surface area contributed by atoms with Gasteiger partial charge in [0.2, 0.25) is 0 Å². The number of carboxylic acids is 1. The summed E-state index contributed by atoms with van der Waals surface area (Å²) >= 11 is 5.19. The minimum Gasteiger partial charge on any atom is -0.484 e. The lowest BCUT2D eigenvalue weighted by atomic mass is 10.2. The number of anilines is 1. The van der Waals surface area contributed by atoms with Crippen LogP contribution in [0.2, 0.25) is 0 Å². The van der Waals surface area contributed by atoms with Gasteiger partial charge in [-0.05, 0) is 61.1 Å². The number of ether oxygens (including phenoxy) is 1. The number of carboxylic acid groups (broad SMARTS) is 1. The van der Waals surface area contributed by atoms with Crippen molar-refractivity contribution in [1.82, 2.24) is 4.90 Å². The molecule has 0 bridgehead atoms. The zero-order valence-electron chi connectivity index (χ0n) is 13.9. The maximum absolute atomic E-state index is 12.2. The van der Waals surface area contributed by atoms with Crippen LogP contribution in [0.5, 0.6) is 5.75 Å². The first kappa shape index (κ1) is 18.4. The number of thiocarbonyl (C=S) groups is 1. The molecule has 0 aromatic heterocycles. The summed E-state index contributed by atoms with van der Waals surface area (Å²) in [7, 11) is 1.54. The molecule has 2 N–H and O–H groups in total. The fourth-order valence-corrected chi connectivity index (χ4v) is 2.18. The van der Waals surface area contributed by atoms with E-state index >= 15 is 0 Å². The molecule has 130 valence electrons. The molecule has 2 rings (SSSR count). The summed E-state index contributed by atoms with van der Waals surface area (Å²) in [5, 5.41) is 12.0. The van der Waals surface area contributed by atoms with E-state index in [9.17, 15) is 9.59 Å². The van der Waals surface area contributed by atoms with E-state index in [1.807, 2.05) is 25.1 Å². The van der Waals surface area contributed by atoms with Gasteiger partial charge in [-0.2, -0.15) is 0 Å². The number of amides is 1. The van der Waals surface area contributed by atoms with E-state index < -0.39 is 5.97 Å². The van der Waals surface area contributed by atoms with Crippen molar-refractivity contribution in [1.29, 1.82) is 0 Å². The van der Waals surface area contributed by atoms with E-state index in [4.69, 9.17) is 22.1 Å². The third-order valence-electron chi connectivity index (χ3n) is 3.41. The van der Waals surface area contributed by atoms with Gasteiger partial charge in [-0.15, -0.1) is 0 Å². The fraction of sp³-hybridized carbons (Fsp3) is 0.167. The summed E-state index contributed by atoms with van der Waals surface area (Å²) in [5.41, 5.74) is 1.81. The van der Waals surface area contributed by atoms with Crippen molar-refractivity contribution in [2.24, 2.45) is 0 Å². The van der Waals surface area contributed by atoms with Gasteiger partial charge in [0, 0.05) is 12.7 Å². The Morgan fingerprint density at radius 2 is 1.88 bits per heavy atom. The Morgan fingerprint density at radius 1 is 1.20 bits per heavy atom. The lowest BCUT2D eigenvalue weighted by Crippen LogP contribution is -2.39. The second-order valence-corrected chi connectivity index (χ2v) is 5.76. The summed E-state index contributed by atoms with van der Waals surface area (Å²) in [6, 6.07) is 13.5. The number of hydrogen-bond donors (Lipinski definition) is 2. The molecule has 0 saturated carbocycles. The molecular formula is C18H18N2O4S. The maximum atomic E-state index is 12.2. The van der Waals surface area contributed by atoms with Crippen molar-refractivity contribution in [3.05, 3.63) is 59.7 Å². The van der Waals surface area contributed by atoms with E-state index in [1.165, 1.54) is 17.0 Å². The van der Waals surface area contributed by atoms with Crippen LogP contribution in [0.4, 0.5) is 5.69 Å². The zero-order chi connectivity index (χ0) is 18.4. The summed E-state index contributed by atoms with van der Waals surface area (Å²) in [6.45, 7) is 1.80. The van der Waals surface area contributed by atoms with E-state index in [1.54, 1.807) is 25.2 Å². The third kappa shape index (κ3) is 5.29. The smallest absolute Gasteiger partial charge is 0.335 e. The van der Waals surface area contributed by atoms with Crippen molar-refractivity contribution in [2.75, 3.05) is 19.0 Å². The van der Waals surface area contributed by atoms with Crippen molar-refractivity contribution < 1.29 is 19.4 Å². The quantitative estimate of drug-likeness (QED) is 0.800. The van der Waals surface area contributed by atoms with E-state index in [0.717, 1.165) is 5.56 Å². The Kier molecular flexibility index (Phi) is 6.08. The Hall–Kier alpha value is -2.93. The molecule has 0 saturated heterocycles. The van der Waals surface area contributed by atoms with Crippen LogP contribution >= 0.6 is 12.2 Å². The standard InChI is InChI=1S/C18H18N2O4S/c1-12-4-3-5-15(10-12)24-11-16(21)20(2)18(25)19-14-8-6-13(7-9-14)17(22)23/h3-10H,11H2,1-2H3,(H,19,25)(H,22,23). The monoisotopic (exact) mass is 358 g/mol. The van der Waals surface area contributed by atoms with Gasteiger partial charge in [-0.3, -0.25) is 9.69 Å². The predicted molar refractivity (Wildman–Crippen MR) is 99.1 cm³/mol. The Balaban J connectivity index is 1.90. The molecule has 0 fully saturated rings. The number of aromatic carboxylic acids is 1. The van der Waals surface area contributed by atoms with Crippen LogP contribution in [0, 0.1) is 6.92 Å². The van der Waals surface area contributed by atoms with Crippen LogP contribution in [-0.4, -0.2) is 40.6 Å². The third-order valence-corrected chi connectivity index (χ3v) is 3.79. The molecule has 2 aromatic rings. The largest absolute Gasteiger partial charge is 0.484 e. The van der Waals surface area contributed by atoms with Crippen LogP contribution in [0.15, 0.2) is 48.5 Å². The molecule has 0 unspecified atom stereocenters. The number of hydrogen-bond acceptors (Lipinski definition) is 4. The van der Waals surface area contributed by atoms with Crippen LogP contribution in [0.25, 0.3) is 0 Å². The molecule has 25 heavy (non-hydrogen) atoms. The highest BCUT2D eigenvalue weighted by molar-refractivity contribution is 7.80. The van der Waals surface area contributed by atoms with E-state index in [0.29, 0.717) is 11.4 Å². The van der Waals surface area contributed by atoms with Gasteiger partial charge >= 0.3 is 5.97 Å². The van der Waals surface area contributed by atoms with Crippen molar-refractivity contribution in [3.63, 3.8) is 0 Å². The SMILES string of the molecule is Cc1cccc(OCC(=O)N(C)C(=S)Nc2ccc(C(=O)O)cc2)c1. The molecule has 1 amide bonds. The summed E-state index contributed by atoms with van der Waals surface area (Å²) in [5.74, 6) is -0.694. The fourth-order valence-electron chi connectivity index (χ4n) is 1.96. The summed E-state index contributed by atoms with van der Waals surface area (Å²) < 4.78 is 5.47. The molecule has 6 nitrogen and oxygen atoms in total. The Morgan fingerprint density at radius 3 is 2.48 bits per heavy atom. The Labute approximate surface area is 151 Å². The first-order valence-electron chi connectivity index (χ1n) is 7.47. The van der Waals surface area contributed by atoms with Crippen LogP contribution < -0.4 is 10.1 Å². The molecule has 0 aliphatic heterocycles. The van der Waals surface area contributed by atoms with Crippen LogP contribution in [0.1, 0.15) is 15.9 Å². The molecule has 0 aliphatic rings. The average molecular weight is 358 g/mol. The van der Waals surface area contributed by atoms with Crippen molar-refractivity contribution in [2.45, 2.75) is 6.92 Å². The number of aryl methyl sites for hydroxylation is 1. The number of rotatable bonds is 5. The second kappa shape index (κ2) is 8.25. The summed E-state index contributed by atoms with van der Waals surface area (Å²) in [6.07, 6.45) is 0. The molecule has 0 spiro atoms. The van der Waals surface area contributed by atoms with Crippen LogP contribution in [0.3, 0.4) is 0 Å². The van der Waals surface area contributed by atoms with Crippen LogP contribution in [-0.2, 0) is 4.79 Å². The topological polar surface area (TPSA) is 78.9 Å². The minimum absolute atomic E-state index is 0.139. The normalized spacial score (nSPS) is 10.0. The Bertz CT molecular complexity index is 790. The predicted octanol–water partition coefficient (Wildman–Crippen LogP) is 2.93. The number of nitrogens with one attached hydrogen (secondary N) is 1. The number of nitrogens with zero attached hydrogens (tertiary/aromatic N) is 1. The lowest BCUT2D eigenvalue weighted by Gasteiger charge is -2.19. The van der Waals surface area contributed by atoms with Crippen molar-refractivity contribution in [3.8, 4) is 5.75 Å². The van der Waals surface area contributed by atoms with Gasteiger partial charge in [0.05, 0.1) is 5.56 Å². The molecule has 0 heterocycles. The molecule has 7 heteroatoms. The highest BCUT2D eigenvalue weighted by Gasteiger charge is 2.14. The molecule has 0 atom stereocenters. The van der Waals surface area contributed by atoms with Gasteiger partial charge in [0.25, 0.3) is 5.91 Å². The minimum atomic E-state index is -1.00.